The van der Waals surface area contributed by atoms with Crippen LogP contribution in [0.1, 0.15) is 12.7 Å². The van der Waals surface area contributed by atoms with Crippen LogP contribution in [-0.4, -0.2) is 38.1 Å². The Morgan fingerprint density at radius 3 is 2.71 bits per heavy atom. The van der Waals surface area contributed by atoms with E-state index in [4.69, 9.17) is 4.52 Å². The van der Waals surface area contributed by atoms with Crippen molar-refractivity contribution in [3.63, 3.8) is 0 Å². The van der Waals surface area contributed by atoms with Crippen LogP contribution in [0.4, 0.5) is 11.5 Å². The number of rotatable bonds is 7. The van der Waals surface area contributed by atoms with E-state index in [1.54, 1.807) is 44.2 Å². The summed E-state index contributed by atoms with van der Waals surface area (Å²) in [5.74, 6) is 0.0693. The molecule has 3 N–H and O–H groups in total. The second kappa shape index (κ2) is 8.57. The van der Waals surface area contributed by atoms with Crippen molar-refractivity contribution in [1.29, 1.82) is 0 Å². The number of hydrogen-bond donors (Lipinski definition) is 3. The number of carbonyl (C=O) groups is 2. The predicted molar refractivity (Wildman–Crippen MR) is 103 cm³/mol. The molecule has 3 rings (SSSR count). The van der Waals surface area contributed by atoms with Crippen LogP contribution in [-0.2, 0) is 9.59 Å². The lowest BCUT2D eigenvalue weighted by atomic mass is 10.2. The summed E-state index contributed by atoms with van der Waals surface area (Å²) >= 11 is 1.18. The monoisotopic (exact) mass is 403 g/mol. The Labute approximate surface area is 163 Å². The average Bonchev–Trinajstić information content (AvgIpc) is 3.28. The molecule has 0 aliphatic heterocycles. The van der Waals surface area contributed by atoms with Crippen LogP contribution in [0.15, 0.2) is 44.2 Å². The molecule has 0 spiro atoms. The highest BCUT2D eigenvalue weighted by atomic mass is 32.2. The van der Waals surface area contributed by atoms with Gasteiger partial charge in [0.05, 0.1) is 11.0 Å². The van der Waals surface area contributed by atoms with Crippen LogP contribution >= 0.6 is 11.8 Å². The smallest absolute Gasteiger partial charge is 0.360 e. The molecule has 2 amide bonds. The Balaban J connectivity index is 1.51. The Bertz CT molecular complexity index is 1040. The molecule has 0 bridgehead atoms. The van der Waals surface area contributed by atoms with E-state index in [-0.39, 0.29) is 23.4 Å². The second-order valence-corrected chi connectivity index (χ2v) is 7.17. The van der Waals surface area contributed by atoms with E-state index in [9.17, 15) is 14.4 Å². The van der Waals surface area contributed by atoms with Gasteiger partial charge in [-0.25, -0.2) is 4.79 Å². The molecule has 2 heterocycles. The van der Waals surface area contributed by atoms with E-state index < -0.39 is 11.0 Å². The van der Waals surface area contributed by atoms with Gasteiger partial charge in [-0.1, -0.05) is 22.4 Å². The minimum Gasteiger partial charge on any atom is -0.360 e. The van der Waals surface area contributed by atoms with E-state index in [0.29, 0.717) is 22.8 Å². The van der Waals surface area contributed by atoms with Crippen molar-refractivity contribution in [2.24, 2.45) is 0 Å². The van der Waals surface area contributed by atoms with Crippen LogP contribution in [0.2, 0.25) is 0 Å². The normalized spacial score (nSPS) is 11.8. The van der Waals surface area contributed by atoms with E-state index in [1.807, 2.05) is 0 Å². The van der Waals surface area contributed by atoms with Crippen molar-refractivity contribution in [2.45, 2.75) is 19.1 Å². The molecule has 0 saturated carbocycles. The number of benzene rings is 1. The second-order valence-electron chi connectivity index (χ2n) is 5.84. The van der Waals surface area contributed by atoms with Gasteiger partial charge in [-0.15, -0.1) is 11.8 Å². The van der Waals surface area contributed by atoms with Gasteiger partial charge in [0, 0.05) is 17.3 Å². The van der Waals surface area contributed by atoms with E-state index in [2.05, 4.69) is 30.5 Å². The molecular formula is C17H17N5O5S. The van der Waals surface area contributed by atoms with Crippen LogP contribution in [0.3, 0.4) is 0 Å². The number of nitrogens with one attached hydrogen (secondary N) is 3. The van der Waals surface area contributed by atoms with Crippen molar-refractivity contribution in [3.8, 4) is 11.4 Å². The first-order valence-corrected chi connectivity index (χ1v) is 9.27. The summed E-state index contributed by atoms with van der Waals surface area (Å²) in [5, 5.41) is 12.2. The quantitative estimate of drug-likeness (QED) is 0.544. The zero-order valence-electron chi connectivity index (χ0n) is 15.0. The maximum atomic E-state index is 12.2. The Morgan fingerprint density at radius 1 is 1.21 bits per heavy atom. The number of H-pyrrole nitrogens is 1. The number of amides is 2. The molecule has 0 aliphatic rings. The molecule has 1 aromatic carbocycles. The van der Waals surface area contributed by atoms with Gasteiger partial charge in [-0.3, -0.25) is 19.1 Å². The largest absolute Gasteiger partial charge is 0.439 e. The molecule has 0 aliphatic carbocycles. The third-order valence-corrected chi connectivity index (χ3v) is 4.72. The summed E-state index contributed by atoms with van der Waals surface area (Å²) in [6.07, 6.45) is 0. The van der Waals surface area contributed by atoms with Crippen LogP contribution in [0, 0.1) is 6.92 Å². The number of carbonyl (C=O) groups excluding carboxylic acids is 2. The summed E-state index contributed by atoms with van der Waals surface area (Å²) < 4.78 is 9.36. The summed E-state index contributed by atoms with van der Waals surface area (Å²) in [6.45, 7) is 3.42. The van der Waals surface area contributed by atoms with E-state index in [0.717, 1.165) is 0 Å². The average molecular weight is 403 g/mol. The van der Waals surface area contributed by atoms with Crippen molar-refractivity contribution < 1.29 is 18.6 Å². The number of aromatic amines is 1. The third kappa shape index (κ3) is 5.10. The highest BCUT2D eigenvalue weighted by Crippen LogP contribution is 2.19. The van der Waals surface area contributed by atoms with Gasteiger partial charge >= 0.3 is 5.76 Å². The van der Waals surface area contributed by atoms with Gasteiger partial charge in [0.25, 0.3) is 0 Å². The van der Waals surface area contributed by atoms with Gasteiger partial charge in [-0.2, -0.15) is 0 Å². The third-order valence-electron chi connectivity index (χ3n) is 3.57. The standard InChI is InChI=1S/C17H17N5O5S/c1-9-6-13(21-26-9)19-16(24)10(2)28-8-14(23)18-12-5-3-4-11(7-12)15-20-17(25)27-22-15/h3-7,10H,8H2,1-2H3,(H,18,23)(H,19,21,24)(H,20,22,25). The van der Waals surface area contributed by atoms with Crippen LogP contribution in [0.25, 0.3) is 11.4 Å². The first kappa shape index (κ1) is 19.4. The predicted octanol–water partition coefficient (Wildman–Crippen LogP) is 2.03. The van der Waals surface area contributed by atoms with Crippen LogP contribution in [0.5, 0.6) is 0 Å². The molecule has 0 fully saturated rings. The lowest BCUT2D eigenvalue weighted by Gasteiger charge is -2.11. The molecule has 0 radical (unpaired) electrons. The lowest BCUT2D eigenvalue weighted by molar-refractivity contribution is -0.115. The minimum absolute atomic E-state index is 0.0808. The number of nitrogens with zero attached hydrogens (tertiary/aromatic N) is 2. The fraction of sp³-hybridized carbons (Fsp3) is 0.235. The van der Waals surface area contributed by atoms with Crippen LogP contribution < -0.4 is 16.4 Å². The maximum absolute atomic E-state index is 12.2. The SMILES string of the molecule is Cc1cc(NC(=O)C(C)SCC(=O)Nc2cccc(-c3noc(=O)[nH]3)c2)no1. The van der Waals surface area contributed by atoms with E-state index >= 15 is 0 Å². The fourth-order valence-electron chi connectivity index (χ4n) is 2.23. The zero-order valence-corrected chi connectivity index (χ0v) is 15.8. The molecule has 2 aromatic heterocycles. The molecular weight excluding hydrogens is 386 g/mol. The summed E-state index contributed by atoms with van der Waals surface area (Å²) in [7, 11) is 0. The molecule has 10 nitrogen and oxygen atoms in total. The number of aromatic nitrogens is 3. The van der Waals surface area contributed by atoms with Crippen molar-refractivity contribution in [1.82, 2.24) is 15.3 Å². The van der Waals surface area contributed by atoms with E-state index in [1.165, 1.54) is 11.8 Å². The topological polar surface area (TPSA) is 143 Å². The van der Waals surface area contributed by atoms with Gasteiger partial charge < -0.3 is 15.2 Å². The molecule has 1 unspecified atom stereocenters. The molecule has 1 atom stereocenters. The number of thioether (sulfide) groups is 1. The van der Waals surface area contributed by atoms with Gasteiger partial charge in [0.2, 0.25) is 11.8 Å². The minimum atomic E-state index is -0.658. The molecule has 3 aromatic rings. The van der Waals surface area contributed by atoms with Crippen molar-refractivity contribution in [2.75, 3.05) is 16.4 Å². The number of aryl methyl sites for hydroxylation is 1. The van der Waals surface area contributed by atoms with Crippen molar-refractivity contribution >= 4 is 35.1 Å². The zero-order chi connectivity index (χ0) is 20.1. The van der Waals surface area contributed by atoms with Gasteiger partial charge in [0.15, 0.2) is 11.6 Å². The lowest BCUT2D eigenvalue weighted by Crippen LogP contribution is -2.25. The molecule has 11 heteroatoms. The number of hydrogen-bond acceptors (Lipinski definition) is 8. The maximum Gasteiger partial charge on any atom is 0.439 e. The Hall–Kier alpha value is -3.34. The Morgan fingerprint density at radius 2 is 2.04 bits per heavy atom. The first-order chi connectivity index (χ1) is 13.4. The molecule has 146 valence electrons. The van der Waals surface area contributed by atoms with Gasteiger partial charge in [-0.05, 0) is 26.0 Å². The molecule has 0 saturated heterocycles. The highest BCUT2D eigenvalue weighted by molar-refractivity contribution is 8.01. The van der Waals surface area contributed by atoms with Gasteiger partial charge in [0.1, 0.15) is 5.76 Å². The fourth-order valence-corrected chi connectivity index (χ4v) is 2.91. The molecule has 28 heavy (non-hydrogen) atoms. The first-order valence-electron chi connectivity index (χ1n) is 8.23. The van der Waals surface area contributed by atoms with Crippen molar-refractivity contribution in [3.05, 3.63) is 46.6 Å². The Kier molecular flexibility index (Phi) is 5.94. The highest BCUT2D eigenvalue weighted by Gasteiger charge is 2.17. The summed E-state index contributed by atoms with van der Waals surface area (Å²) in [6, 6.07) is 8.39. The number of anilines is 2. The summed E-state index contributed by atoms with van der Waals surface area (Å²) in [5.41, 5.74) is 1.12. The summed E-state index contributed by atoms with van der Waals surface area (Å²) in [4.78, 5) is 37.8.